The van der Waals surface area contributed by atoms with Gasteiger partial charge in [0.25, 0.3) is 0 Å². The Hall–Kier alpha value is -3.61. The molecule has 0 saturated carbocycles. The highest BCUT2D eigenvalue weighted by atomic mass is 15.3. The van der Waals surface area contributed by atoms with Crippen LogP contribution in [0.5, 0.6) is 0 Å². The van der Waals surface area contributed by atoms with E-state index in [4.69, 9.17) is 4.98 Å². The molecule has 0 saturated heterocycles. The second-order valence-corrected chi connectivity index (χ2v) is 6.54. The molecule has 0 spiro atoms. The number of fused-ring (bicyclic) bond motifs is 3. The van der Waals surface area contributed by atoms with Gasteiger partial charge in [0.15, 0.2) is 11.5 Å². The Balaban J connectivity index is 1.72. The molecular formula is C20H17N7. The van der Waals surface area contributed by atoms with Crippen molar-refractivity contribution in [2.75, 3.05) is 0 Å². The molecule has 0 bridgehead atoms. The lowest BCUT2D eigenvalue weighted by molar-refractivity contribution is 0.783. The molecule has 132 valence electrons. The molecular weight excluding hydrogens is 338 g/mol. The fraction of sp³-hybridized carbons (Fsp3) is 0.150. The zero-order valence-corrected chi connectivity index (χ0v) is 15.0. The van der Waals surface area contributed by atoms with Crippen molar-refractivity contribution in [3.8, 4) is 11.4 Å². The van der Waals surface area contributed by atoms with Crippen LogP contribution in [0, 0.1) is 13.8 Å². The molecule has 0 aliphatic heterocycles. The van der Waals surface area contributed by atoms with E-state index in [0.29, 0.717) is 5.82 Å². The number of nitrogens with zero attached hydrogens (tertiary/aromatic N) is 7. The average Bonchev–Trinajstić information content (AvgIpc) is 3.25. The maximum atomic E-state index is 4.79. The van der Waals surface area contributed by atoms with Crippen molar-refractivity contribution in [1.29, 1.82) is 0 Å². The van der Waals surface area contributed by atoms with Gasteiger partial charge in [-0.25, -0.2) is 14.5 Å². The SMILES string of the molecule is Cc1c(C)n(Cc2cccnc2)c2ncn3nc(-c4ccncc4)nc3c12. The minimum Gasteiger partial charge on any atom is -0.325 e. The molecule has 7 nitrogen and oxygen atoms in total. The van der Waals surface area contributed by atoms with Crippen LogP contribution >= 0.6 is 0 Å². The summed E-state index contributed by atoms with van der Waals surface area (Å²) >= 11 is 0. The number of hydrogen-bond acceptors (Lipinski definition) is 5. The highest BCUT2D eigenvalue weighted by Crippen LogP contribution is 2.28. The van der Waals surface area contributed by atoms with Crippen LogP contribution in [-0.2, 0) is 6.54 Å². The van der Waals surface area contributed by atoms with Crippen molar-refractivity contribution < 1.29 is 0 Å². The van der Waals surface area contributed by atoms with Crippen LogP contribution in [0.3, 0.4) is 0 Å². The van der Waals surface area contributed by atoms with Crippen molar-refractivity contribution in [2.45, 2.75) is 20.4 Å². The minimum atomic E-state index is 0.670. The Morgan fingerprint density at radius 3 is 2.59 bits per heavy atom. The molecule has 0 amide bonds. The standard InChI is InChI=1S/C20H17N7/c1-13-14(2)26(11-15-4-3-7-22-10-15)19-17(13)20-24-18(25-27(20)12-23-19)16-5-8-21-9-6-16/h3-10,12H,11H2,1-2H3. The summed E-state index contributed by atoms with van der Waals surface area (Å²) in [6, 6.07) is 7.84. The van der Waals surface area contributed by atoms with E-state index < -0.39 is 0 Å². The Labute approximate surface area is 155 Å². The summed E-state index contributed by atoms with van der Waals surface area (Å²) in [5, 5.41) is 5.63. The van der Waals surface area contributed by atoms with Crippen molar-refractivity contribution in [3.05, 3.63) is 72.2 Å². The molecule has 0 aliphatic carbocycles. The molecule has 27 heavy (non-hydrogen) atoms. The predicted octanol–water partition coefficient (Wildman–Crippen LogP) is 3.20. The first-order valence-corrected chi connectivity index (χ1v) is 8.72. The smallest absolute Gasteiger partial charge is 0.182 e. The molecule has 0 radical (unpaired) electrons. The molecule has 5 aromatic rings. The van der Waals surface area contributed by atoms with E-state index in [-0.39, 0.29) is 0 Å². The van der Waals surface area contributed by atoms with Crippen molar-refractivity contribution in [2.24, 2.45) is 0 Å². The van der Waals surface area contributed by atoms with Gasteiger partial charge < -0.3 is 4.57 Å². The molecule has 0 aliphatic rings. The van der Waals surface area contributed by atoms with Gasteiger partial charge in [0.2, 0.25) is 0 Å². The molecule has 5 aromatic heterocycles. The van der Waals surface area contributed by atoms with Gasteiger partial charge in [-0.3, -0.25) is 9.97 Å². The van der Waals surface area contributed by atoms with E-state index in [2.05, 4.69) is 44.5 Å². The van der Waals surface area contributed by atoms with E-state index in [1.54, 1.807) is 29.4 Å². The highest BCUT2D eigenvalue weighted by molar-refractivity contribution is 5.94. The van der Waals surface area contributed by atoms with Crippen LogP contribution in [-0.4, -0.2) is 34.1 Å². The Morgan fingerprint density at radius 2 is 1.81 bits per heavy atom. The summed E-state index contributed by atoms with van der Waals surface area (Å²) in [7, 11) is 0. The van der Waals surface area contributed by atoms with E-state index in [1.807, 2.05) is 24.4 Å². The predicted molar refractivity (Wildman–Crippen MR) is 102 cm³/mol. The quantitative estimate of drug-likeness (QED) is 0.497. The first-order valence-electron chi connectivity index (χ1n) is 8.72. The maximum Gasteiger partial charge on any atom is 0.182 e. The minimum absolute atomic E-state index is 0.670. The third kappa shape index (κ3) is 2.47. The van der Waals surface area contributed by atoms with Gasteiger partial charge in [-0.2, -0.15) is 0 Å². The van der Waals surface area contributed by atoms with Crippen molar-refractivity contribution in [1.82, 2.24) is 34.1 Å². The van der Waals surface area contributed by atoms with Gasteiger partial charge in [0.1, 0.15) is 12.0 Å². The fourth-order valence-corrected chi connectivity index (χ4v) is 3.42. The normalized spacial score (nSPS) is 11.5. The zero-order chi connectivity index (χ0) is 18.4. The summed E-state index contributed by atoms with van der Waals surface area (Å²) in [4.78, 5) is 17.8. The summed E-state index contributed by atoms with van der Waals surface area (Å²) < 4.78 is 3.96. The lowest BCUT2D eigenvalue weighted by Gasteiger charge is -2.07. The van der Waals surface area contributed by atoms with Gasteiger partial charge >= 0.3 is 0 Å². The monoisotopic (exact) mass is 355 g/mol. The molecule has 5 rings (SSSR count). The third-order valence-electron chi connectivity index (χ3n) is 4.95. The molecule has 0 unspecified atom stereocenters. The van der Waals surface area contributed by atoms with Crippen LogP contribution in [0.25, 0.3) is 28.1 Å². The van der Waals surface area contributed by atoms with E-state index in [1.165, 1.54) is 11.3 Å². The van der Waals surface area contributed by atoms with Crippen molar-refractivity contribution in [3.63, 3.8) is 0 Å². The molecule has 0 N–H and O–H groups in total. The number of pyridine rings is 2. The van der Waals surface area contributed by atoms with E-state index in [0.717, 1.165) is 34.4 Å². The first kappa shape index (κ1) is 15.6. The van der Waals surface area contributed by atoms with Gasteiger partial charge in [-0.15, -0.1) is 5.10 Å². The largest absolute Gasteiger partial charge is 0.325 e. The summed E-state index contributed by atoms with van der Waals surface area (Å²) in [6.07, 6.45) is 8.89. The second kappa shape index (κ2) is 5.98. The van der Waals surface area contributed by atoms with Gasteiger partial charge in [-0.05, 0) is 43.2 Å². The molecule has 7 heteroatoms. The van der Waals surface area contributed by atoms with Crippen LogP contribution < -0.4 is 0 Å². The van der Waals surface area contributed by atoms with Gasteiger partial charge in [0, 0.05) is 36.0 Å². The number of aromatic nitrogens is 7. The summed E-state index contributed by atoms with van der Waals surface area (Å²) in [5.41, 5.74) is 6.14. The molecule has 0 aromatic carbocycles. The number of hydrogen-bond donors (Lipinski definition) is 0. The molecule has 0 fully saturated rings. The van der Waals surface area contributed by atoms with Crippen LogP contribution in [0.1, 0.15) is 16.8 Å². The maximum absolute atomic E-state index is 4.79. The highest BCUT2D eigenvalue weighted by Gasteiger charge is 2.18. The van der Waals surface area contributed by atoms with E-state index in [9.17, 15) is 0 Å². The fourth-order valence-electron chi connectivity index (χ4n) is 3.42. The summed E-state index contributed by atoms with van der Waals surface area (Å²) in [5.74, 6) is 0.670. The Morgan fingerprint density at radius 1 is 0.963 bits per heavy atom. The van der Waals surface area contributed by atoms with Crippen molar-refractivity contribution >= 4 is 16.7 Å². The molecule has 0 atom stereocenters. The topological polar surface area (TPSA) is 73.8 Å². The lowest BCUT2D eigenvalue weighted by atomic mass is 10.2. The van der Waals surface area contributed by atoms with Gasteiger partial charge in [-0.1, -0.05) is 6.07 Å². The first-order chi connectivity index (χ1) is 13.2. The Bertz CT molecular complexity index is 1250. The van der Waals surface area contributed by atoms with Crippen LogP contribution in [0.4, 0.5) is 0 Å². The summed E-state index contributed by atoms with van der Waals surface area (Å²) in [6.45, 7) is 4.95. The third-order valence-corrected chi connectivity index (χ3v) is 4.95. The van der Waals surface area contributed by atoms with Crippen LogP contribution in [0.2, 0.25) is 0 Å². The van der Waals surface area contributed by atoms with E-state index >= 15 is 0 Å². The Kier molecular flexibility index (Phi) is 3.46. The van der Waals surface area contributed by atoms with Gasteiger partial charge in [0.05, 0.1) is 11.9 Å². The number of rotatable bonds is 3. The lowest BCUT2D eigenvalue weighted by Crippen LogP contribution is -2.03. The molecule has 5 heterocycles. The second-order valence-electron chi connectivity index (χ2n) is 6.54. The van der Waals surface area contributed by atoms with Crippen LogP contribution in [0.15, 0.2) is 55.4 Å². The average molecular weight is 355 g/mol. The number of aryl methyl sites for hydroxylation is 1. The zero-order valence-electron chi connectivity index (χ0n) is 15.0.